The lowest BCUT2D eigenvalue weighted by molar-refractivity contribution is -0.177. The summed E-state index contributed by atoms with van der Waals surface area (Å²) in [6.45, 7) is 1.59. The summed E-state index contributed by atoms with van der Waals surface area (Å²) in [5, 5.41) is 3.15. The molecule has 1 amide bonds. The molecule has 4 saturated carbocycles. The normalized spacial score (nSPS) is 33.6. The molecule has 2 unspecified atom stereocenters. The lowest BCUT2D eigenvalue weighted by Crippen LogP contribution is -2.64. The second-order valence-electron chi connectivity index (χ2n) is 8.75. The highest BCUT2D eigenvalue weighted by atomic mass is 19.1. The summed E-state index contributed by atoms with van der Waals surface area (Å²) in [6.07, 6.45) is 5.38. The van der Waals surface area contributed by atoms with Crippen LogP contribution in [-0.4, -0.2) is 24.5 Å². The van der Waals surface area contributed by atoms with E-state index in [0.717, 1.165) is 32.1 Å². The van der Waals surface area contributed by atoms with Crippen molar-refractivity contribution in [3.05, 3.63) is 29.6 Å². The first-order valence-corrected chi connectivity index (χ1v) is 9.61. The Hall–Kier alpha value is -2.11. The van der Waals surface area contributed by atoms with Gasteiger partial charge in [-0.25, -0.2) is 4.39 Å². The number of benzene rings is 1. The predicted molar refractivity (Wildman–Crippen MR) is 96.4 cm³/mol. The van der Waals surface area contributed by atoms with Gasteiger partial charge in [0, 0.05) is 12.5 Å². The summed E-state index contributed by atoms with van der Waals surface area (Å²) in [5.41, 5.74) is -0.179. The van der Waals surface area contributed by atoms with E-state index in [2.05, 4.69) is 5.32 Å². The van der Waals surface area contributed by atoms with E-state index in [-0.39, 0.29) is 29.8 Å². The zero-order valence-corrected chi connectivity index (χ0v) is 15.8. The molecule has 146 valence electrons. The first-order chi connectivity index (χ1) is 12.8. The van der Waals surface area contributed by atoms with Gasteiger partial charge in [-0.3, -0.25) is 9.59 Å². The number of halogens is 1. The lowest BCUT2D eigenvalue weighted by atomic mass is 9.47. The molecule has 1 N–H and O–H groups in total. The molecule has 5 rings (SSSR count). The van der Waals surface area contributed by atoms with E-state index >= 15 is 0 Å². The van der Waals surface area contributed by atoms with Gasteiger partial charge in [0.15, 0.2) is 11.6 Å². The van der Waals surface area contributed by atoms with Gasteiger partial charge in [-0.15, -0.1) is 0 Å². The fraction of sp³-hybridized carbons (Fsp3) is 0.619. The van der Waals surface area contributed by atoms with Crippen molar-refractivity contribution in [2.75, 3.05) is 7.11 Å². The highest BCUT2D eigenvalue weighted by Crippen LogP contribution is 2.62. The van der Waals surface area contributed by atoms with Crippen LogP contribution in [0.5, 0.6) is 5.75 Å². The Morgan fingerprint density at radius 3 is 2.52 bits per heavy atom. The van der Waals surface area contributed by atoms with Crippen LogP contribution in [0, 0.1) is 23.1 Å². The Labute approximate surface area is 158 Å². The molecule has 0 spiro atoms. The summed E-state index contributed by atoms with van der Waals surface area (Å²) in [6, 6.07) is 4.58. The van der Waals surface area contributed by atoms with Crippen molar-refractivity contribution in [3.63, 3.8) is 0 Å². The van der Waals surface area contributed by atoms with Crippen LogP contribution in [0.15, 0.2) is 18.2 Å². The van der Waals surface area contributed by atoms with Crippen LogP contribution in [0.4, 0.5) is 4.39 Å². The first-order valence-electron chi connectivity index (χ1n) is 9.61. The highest BCUT2D eigenvalue weighted by Gasteiger charge is 2.61. The van der Waals surface area contributed by atoms with E-state index in [1.165, 1.54) is 19.2 Å². The molecule has 4 aliphatic carbocycles. The summed E-state index contributed by atoms with van der Waals surface area (Å²) in [4.78, 5) is 24.8. The summed E-state index contributed by atoms with van der Waals surface area (Å²) >= 11 is 0. The van der Waals surface area contributed by atoms with Gasteiger partial charge in [-0.2, -0.15) is 0 Å². The maximum absolute atomic E-state index is 13.9. The van der Waals surface area contributed by atoms with Crippen LogP contribution in [0.3, 0.4) is 0 Å². The third kappa shape index (κ3) is 3.30. The van der Waals surface area contributed by atoms with Crippen LogP contribution in [0.2, 0.25) is 0 Å². The minimum absolute atomic E-state index is 0.0332. The van der Waals surface area contributed by atoms with Crippen molar-refractivity contribution in [2.24, 2.45) is 17.3 Å². The summed E-state index contributed by atoms with van der Waals surface area (Å²) < 4.78 is 24.4. The van der Waals surface area contributed by atoms with Crippen LogP contribution in [0.1, 0.15) is 51.0 Å². The molecule has 1 aromatic carbocycles. The van der Waals surface area contributed by atoms with Crippen molar-refractivity contribution in [1.29, 1.82) is 0 Å². The van der Waals surface area contributed by atoms with Gasteiger partial charge in [-0.05, 0) is 68.1 Å². The summed E-state index contributed by atoms with van der Waals surface area (Å²) in [5.74, 6) is 0.388. The molecule has 6 heteroatoms. The lowest BCUT2D eigenvalue weighted by Gasteiger charge is -2.60. The third-order valence-corrected chi connectivity index (χ3v) is 6.52. The zero-order valence-electron chi connectivity index (χ0n) is 15.8. The average Bonchev–Trinajstić information content (AvgIpc) is 2.57. The minimum atomic E-state index is -0.516. The second kappa shape index (κ2) is 6.50. The Morgan fingerprint density at radius 1 is 1.22 bits per heavy atom. The second-order valence-corrected chi connectivity index (χ2v) is 8.75. The number of hydrogen-bond acceptors (Lipinski definition) is 4. The number of hydrogen-bond donors (Lipinski definition) is 1. The quantitative estimate of drug-likeness (QED) is 0.802. The Bertz CT molecular complexity index is 763. The van der Waals surface area contributed by atoms with Gasteiger partial charge in [0.2, 0.25) is 5.91 Å². The molecule has 2 atom stereocenters. The molecule has 0 heterocycles. The number of methoxy groups -OCH3 is 1. The average molecular weight is 375 g/mol. The van der Waals surface area contributed by atoms with E-state index in [4.69, 9.17) is 9.47 Å². The molecular weight excluding hydrogens is 349 g/mol. The summed E-state index contributed by atoms with van der Waals surface area (Å²) in [7, 11) is 1.41. The highest BCUT2D eigenvalue weighted by molar-refractivity contribution is 5.79. The predicted octanol–water partition coefficient (Wildman–Crippen LogP) is 3.35. The van der Waals surface area contributed by atoms with Crippen LogP contribution < -0.4 is 10.1 Å². The van der Waals surface area contributed by atoms with Crippen LogP contribution in [0.25, 0.3) is 0 Å². The smallest absolute Gasteiger partial charge is 0.312 e. The standard InChI is InChI=1S/C21H26FNO4/c1-13(24)23-21-9-15-5-16(10-21)8-20(7-15,12-21)19(25)27-11-14-3-4-18(26-2)17(22)6-14/h3-4,6,15-16H,5,7-12H2,1-2H3,(H,23,24). The number of ether oxygens (including phenoxy) is 2. The van der Waals surface area contributed by atoms with Gasteiger partial charge in [0.1, 0.15) is 6.61 Å². The number of amides is 1. The maximum Gasteiger partial charge on any atom is 0.312 e. The van der Waals surface area contributed by atoms with Gasteiger partial charge in [0.05, 0.1) is 12.5 Å². The van der Waals surface area contributed by atoms with Crippen molar-refractivity contribution in [3.8, 4) is 5.75 Å². The fourth-order valence-corrected chi connectivity index (χ4v) is 6.12. The maximum atomic E-state index is 13.9. The number of nitrogens with one attached hydrogen (secondary N) is 1. The Balaban J connectivity index is 1.48. The third-order valence-electron chi connectivity index (χ3n) is 6.52. The van der Waals surface area contributed by atoms with E-state index in [1.54, 1.807) is 13.0 Å². The molecule has 0 saturated heterocycles. The van der Waals surface area contributed by atoms with Crippen LogP contribution >= 0.6 is 0 Å². The Morgan fingerprint density at radius 2 is 1.93 bits per heavy atom. The van der Waals surface area contributed by atoms with Crippen LogP contribution in [-0.2, 0) is 20.9 Å². The first kappa shape index (κ1) is 18.3. The Kier molecular flexibility index (Phi) is 4.40. The minimum Gasteiger partial charge on any atom is -0.494 e. The molecule has 5 nitrogen and oxygen atoms in total. The molecule has 0 aromatic heterocycles. The van der Waals surface area contributed by atoms with Gasteiger partial charge in [-0.1, -0.05) is 6.07 Å². The van der Waals surface area contributed by atoms with E-state index < -0.39 is 11.2 Å². The molecule has 0 aliphatic heterocycles. The largest absolute Gasteiger partial charge is 0.494 e. The van der Waals surface area contributed by atoms with Crippen molar-refractivity contribution in [1.82, 2.24) is 5.32 Å². The topological polar surface area (TPSA) is 64.6 Å². The van der Waals surface area contributed by atoms with Gasteiger partial charge >= 0.3 is 5.97 Å². The number of rotatable bonds is 5. The molecule has 4 fully saturated rings. The number of esters is 1. The number of carbonyl (C=O) groups is 2. The molecule has 1 aromatic rings. The van der Waals surface area contributed by atoms with E-state index in [9.17, 15) is 14.0 Å². The molecule has 4 aliphatic rings. The molecule has 0 radical (unpaired) electrons. The van der Waals surface area contributed by atoms with E-state index in [0.29, 0.717) is 23.8 Å². The zero-order chi connectivity index (χ0) is 19.2. The fourth-order valence-electron chi connectivity index (χ4n) is 6.12. The van der Waals surface area contributed by atoms with Gasteiger partial charge < -0.3 is 14.8 Å². The van der Waals surface area contributed by atoms with Crippen molar-refractivity contribution < 1.29 is 23.5 Å². The van der Waals surface area contributed by atoms with Crippen molar-refractivity contribution in [2.45, 2.75) is 57.6 Å². The van der Waals surface area contributed by atoms with E-state index in [1.807, 2.05) is 0 Å². The molecule has 27 heavy (non-hydrogen) atoms. The van der Waals surface area contributed by atoms with Crippen molar-refractivity contribution >= 4 is 11.9 Å². The SMILES string of the molecule is COc1ccc(COC(=O)C23CC4CC(CC(NC(C)=O)(C4)C2)C3)cc1F. The monoisotopic (exact) mass is 375 g/mol. The molecule has 4 bridgehead atoms. The van der Waals surface area contributed by atoms with Gasteiger partial charge in [0.25, 0.3) is 0 Å². The number of carbonyl (C=O) groups excluding carboxylic acids is 2. The molecular formula is C21H26FNO4.